The molecular formula is C8H10BaN2O7. The van der Waals surface area contributed by atoms with Crippen molar-refractivity contribution in [1.82, 2.24) is 9.80 Å². The van der Waals surface area contributed by atoms with E-state index in [-0.39, 0.29) is 54.4 Å². The van der Waals surface area contributed by atoms with Gasteiger partial charge in [0.05, 0.1) is 25.0 Å². The fourth-order valence-corrected chi connectivity index (χ4v) is 1.30. The Hall–Kier alpha value is -0.589. The number of carbonyl (C=O) groups excluding carboxylic acids is 4. The maximum absolute atomic E-state index is 11.3. The van der Waals surface area contributed by atoms with Crippen molar-refractivity contribution in [2.45, 2.75) is 0 Å². The third-order valence-electron chi connectivity index (χ3n) is 2.00. The Morgan fingerprint density at radius 3 is 1.44 bits per heavy atom. The topological polar surface area (TPSA) is 152 Å². The Labute approximate surface area is 142 Å². The molecule has 1 fully saturated rings. The first-order valence-corrected chi connectivity index (χ1v) is 4.35. The summed E-state index contributed by atoms with van der Waals surface area (Å²) in [5, 5.41) is 20.5. The van der Waals surface area contributed by atoms with Gasteiger partial charge < -0.3 is 35.1 Å². The van der Waals surface area contributed by atoms with E-state index in [0.717, 1.165) is 9.80 Å². The van der Waals surface area contributed by atoms with Crippen LogP contribution in [0.25, 0.3) is 0 Å². The Morgan fingerprint density at radius 1 is 0.944 bits per heavy atom. The summed E-state index contributed by atoms with van der Waals surface area (Å²) in [7, 11) is 0. The van der Waals surface area contributed by atoms with Gasteiger partial charge in [-0.25, -0.2) is 0 Å². The molecule has 2 N–H and O–H groups in total. The van der Waals surface area contributed by atoms with Crippen LogP contribution < -0.4 is 10.2 Å². The van der Waals surface area contributed by atoms with Crippen LogP contribution in [0.4, 0.5) is 0 Å². The standard InChI is InChI=1S/C8H10N2O6.Ba.H2O/c11-5-1-9(3-7(13)14)6(12)2-10(5)4-8(15)16;;/h1-4H2,(H,13,14)(H,15,16);;1H2/q;+2;/p-2. The Morgan fingerprint density at radius 2 is 1.22 bits per heavy atom. The van der Waals surface area contributed by atoms with Gasteiger partial charge in [-0.15, -0.1) is 0 Å². The molecule has 0 aromatic heterocycles. The van der Waals surface area contributed by atoms with Gasteiger partial charge in [-0.3, -0.25) is 9.59 Å². The number of rotatable bonds is 4. The minimum Gasteiger partial charge on any atom is -0.548 e. The molecule has 0 unspecified atom stereocenters. The Bertz CT molecular complexity index is 325. The molecule has 0 atom stereocenters. The van der Waals surface area contributed by atoms with Crippen molar-refractivity contribution in [3.63, 3.8) is 0 Å². The molecule has 0 radical (unpaired) electrons. The van der Waals surface area contributed by atoms with Crippen LogP contribution in [0.15, 0.2) is 0 Å². The number of hydrogen-bond donors (Lipinski definition) is 0. The van der Waals surface area contributed by atoms with Crippen molar-refractivity contribution in [2.24, 2.45) is 0 Å². The van der Waals surface area contributed by atoms with E-state index in [1.165, 1.54) is 0 Å². The summed E-state index contributed by atoms with van der Waals surface area (Å²) in [5.74, 6) is -4.22. The summed E-state index contributed by atoms with van der Waals surface area (Å²) in [6.07, 6.45) is 0. The number of hydrogen-bond acceptors (Lipinski definition) is 6. The number of piperazine rings is 1. The molecule has 9 nitrogen and oxygen atoms in total. The molecule has 0 spiro atoms. The molecular weight excluding hydrogens is 373 g/mol. The minimum absolute atomic E-state index is 0. The van der Waals surface area contributed by atoms with Crippen LogP contribution in [0.5, 0.6) is 0 Å². The van der Waals surface area contributed by atoms with E-state index >= 15 is 0 Å². The maximum Gasteiger partial charge on any atom is 2.00 e. The fourth-order valence-electron chi connectivity index (χ4n) is 1.30. The zero-order valence-corrected chi connectivity index (χ0v) is 13.8. The van der Waals surface area contributed by atoms with Gasteiger partial charge in [0.25, 0.3) is 0 Å². The molecule has 96 valence electrons. The smallest absolute Gasteiger partial charge is 0.548 e. The van der Waals surface area contributed by atoms with E-state index < -0.39 is 49.9 Å². The third-order valence-corrected chi connectivity index (χ3v) is 2.00. The van der Waals surface area contributed by atoms with Gasteiger partial charge in [0, 0.05) is 0 Å². The molecule has 1 heterocycles. The van der Waals surface area contributed by atoms with E-state index in [1.807, 2.05) is 0 Å². The summed E-state index contributed by atoms with van der Waals surface area (Å²) in [5.41, 5.74) is 0. The van der Waals surface area contributed by atoms with Gasteiger partial charge in [-0.05, 0) is 0 Å². The quantitative estimate of drug-likeness (QED) is 0.440. The molecule has 0 aromatic carbocycles. The summed E-state index contributed by atoms with van der Waals surface area (Å²) < 4.78 is 0. The molecule has 1 aliphatic heterocycles. The van der Waals surface area contributed by atoms with E-state index in [1.54, 1.807) is 0 Å². The second-order valence-corrected chi connectivity index (χ2v) is 3.24. The second-order valence-electron chi connectivity index (χ2n) is 3.24. The van der Waals surface area contributed by atoms with Crippen LogP contribution in [-0.2, 0) is 19.2 Å². The van der Waals surface area contributed by atoms with E-state index in [0.29, 0.717) is 0 Å². The molecule has 1 rings (SSSR count). The van der Waals surface area contributed by atoms with E-state index in [4.69, 9.17) is 0 Å². The van der Waals surface area contributed by atoms with Crippen LogP contribution in [0, 0.1) is 0 Å². The molecule has 0 aromatic rings. The van der Waals surface area contributed by atoms with Crippen molar-refractivity contribution < 1.29 is 34.9 Å². The zero-order chi connectivity index (χ0) is 12.3. The van der Waals surface area contributed by atoms with Crippen molar-refractivity contribution in [1.29, 1.82) is 0 Å². The monoisotopic (exact) mass is 384 g/mol. The maximum atomic E-state index is 11.3. The molecule has 18 heavy (non-hydrogen) atoms. The summed E-state index contributed by atoms with van der Waals surface area (Å²) in [4.78, 5) is 44.7. The summed E-state index contributed by atoms with van der Waals surface area (Å²) >= 11 is 0. The van der Waals surface area contributed by atoms with Crippen molar-refractivity contribution in [2.75, 3.05) is 26.2 Å². The third kappa shape index (κ3) is 5.84. The van der Waals surface area contributed by atoms with Crippen LogP contribution in [0.3, 0.4) is 0 Å². The number of nitrogens with zero attached hydrogens (tertiary/aromatic N) is 2. The second kappa shape index (κ2) is 8.50. The first-order valence-electron chi connectivity index (χ1n) is 4.35. The van der Waals surface area contributed by atoms with Crippen LogP contribution in [0.2, 0.25) is 0 Å². The van der Waals surface area contributed by atoms with Gasteiger partial charge in [0.2, 0.25) is 11.8 Å². The number of carboxylic acids is 2. The van der Waals surface area contributed by atoms with Gasteiger partial charge in [-0.1, -0.05) is 0 Å². The molecule has 1 saturated heterocycles. The van der Waals surface area contributed by atoms with Gasteiger partial charge in [0.15, 0.2) is 0 Å². The van der Waals surface area contributed by atoms with Gasteiger partial charge in [-0.2, -0.15) is 0 Å². The molecule has 0 aliphatic carbocycles. The summed E-state index contributed by atoms with van der Waals surface area (Å²) in [6, 6.07) is 0. The van der Waals surface area contributed by atoms with Gasteiger partial charge in [0.1, 0.15) is 13.1 Å². The van der Waals surface area contributed by atoms with Crippen LogP contribution in [-0.4, -0.2) is 114 Å². The average molecular weight is 384 g/mol. The predicted octanol–water partition coefficient (Wildman–Crippen LogP) is -6.05. The van der Waals surface area contributed by atoms with Crippen molar-refractivity contribution in [3.05, 3.63) is 0 Å². The van der Waals surface area contributed by atoms with E-state index in [2.05, 4.69) is 0 Å². The fraction of sp³-hybridized carbons (Fsp3) is 0.500. The minimum atomic E-state index is -1.48. The van der Waals surface area contributed by atoms with Crippen LogP contribution in [0.1, 0.15) is 0 Å². The van der Waals surface area contributed by atoms with Crippen molar-refractivity contribution >= 4 is 72.6 Å². The van der Waals surface area contributed by atoms with Crippen LogP contribution >= 0.6 is 0 Å². The van der Waals surface area contributed by atoms with E-state index in [9.17, 15) is 29.4 Å². The molecule has 2 amide bonds. The Kier molecular flexibility index (Phi) is 9.33. The normalized spacial score (nSPS) is 14.7. The largest absolute Gasteiger partial charge is 2.00 e. The van der Waals surface area contributed by atoms with Crippen molar-refractivity contribution in [3.8, 4) is 0 Å². The number of carboxylic acid groups (broad SMARTS) is 2. The number of amides is 2. The zero-order valence-electron chi connectivity index (χ0n) is 9.38. The Balaban J connectivity index is 0. The molecule has 0 bridgehead atoms. The summed E-state index contributed by atoms with van der Waals surface area (Å²) in [6.45, 7) is -2.27. The van der Waals surface area contributed by atoms with Gasteiger partial charge >= 0.3 is 48.9 Å². The average Bonchev–Trinajstić information content (AvgIpc) is 2.11. The molecule has 1 aliphatic rings. The molecule has 0 saturated carbocycles. The first kappa shape index (κ1) is 19.7. The predicted molar refractivity (Wildman–Crippen MR) is 52.5 cm³/mol. The first-order chi connectivity index (χ1) is 7.40. The number of carbonyl (C=O) groups is 4. The number of aliphatic carboxylic acids is 2. The molecule has 10 heteroatoms. The SMILES string of the molecule is O.O=C([O-])CN1CC(=O)N(CC(=O)[O-])CC1=O.[Ba+2].